The van der Waals surface area contributed by atoms with Crippen molar-refractivity contribution in [3.8, 4) is 0 Å². The van der Waals surface area contributed by atoms with Gasteiger partial charge in [-0.1, -0.05) is 12.1 Å². The van der Waals surface area contributed by atoms with Crippen LogP contribution in [0.15, 0.2) is 42.9 Å². The van der Waals surface area contributed by atoms with Crippen molar-refractivity contribution in [3.05, 3.63) is 54.0 Å². The van der Waals surface area contributed by atoms with Crippen molar-refractivity contribution in [2.24, 2.45) is 0 Å². The number of hydrogen-bond acceptors (Lipinski definition) is 1. The predicted octanol–water partition coefficient (Wildman–Crippen LogP) is 3.21. The Morgan fingerprint density at radius 3 is 2.89 bits per heavy atom. The first-order valence-electron chi connectivity index (χ1n) is 6.33. The normalized spacial score (nSPS) is 11.2. The molecule has 3 aromatic rings. The SMILES string of the molecule is CCn1cc(Cn2ccc3ccc(C)cc32)cn1. The molecule has 92 valence electrons. The molecule has 2 aromatic heterocycles. The molecule has 0 spiro atoms. The van der Waals surface area contributed by atoms with Crippen LogP contribution in [0.5, 0.6) is 0 Å². The molecule has 3 nitrogen and oxygen atoms in total. The first-order valence-corrected chi connectivity index (χ1v) is 6.33. The molecule has 3 rings (SSSR count). The van der Waals surface area contributed by atoms with Gasteiger partial charge in [-0.25, -0.2) is 0 Å². The summed E-state index contributed by atoms with van der Waals surface area (Å²) in [6.45, 7) is 6.04. The van der Waals surface area contributed by atoms with Gasteiger partial charge in [0.1, 0.15) is 0 Å². The number of aryl methyl sites for hydroxylation is 2. The molecule has 0 unspecified atom stereocenters. The first-order chi connectivity index (χ1) is 8.76. The van der Waals surface area contributed by atoms with E-state index in [2.05, 4.69) is 60.2 Å². The van der Waals surface area contributed by atoms with Gasteiger partial charge >= 0.3 is 0 Å². The van der Waals surface area contributed by atoms with Crippen molar-refractivity contribution in [2.75, 3.05) is 0 Å². The monoisotopic (exact) mass is 239 g/mol. The first kappa shape index (κ1) is 11.1. The Morgan fingerprint density at radius 2 is 2.11 bits per heavy atom. The molecule has 0 bridgehead atoms. The number of fused-ring (bicyclic) bond motifs is 1. The van der Waals surface area contributed by atoms with Crippen LogP contribution in [0.3, 0.4) is 0 Å². The molecule has 0 fully saturated rings. The summed E-state index contributed by atoms with van der Waals surface area (Å²) >= 11 is 0. The van der Waals surface area contributed by atoms with E-state index in [-0.39, 0.29) is 0 Å². The number of hydrogen-bond donors (Lipinski definition) is 0. The fourth-order valence-corrected chi connectivity index (χ4v) is 2.29. The zero-order valence-corrected chi connectivity index (χ0v) is 10.8. The number of benzene rings is 1. The van der Waals surface area contributed by atoms with Crippen LogP contribution >= 0.6 is 0 Å². The van der Waals surface area contributed by atoms with E-state index >= 15 is 0 Å². The summed E-state index contributed by atoms with van der Waals surface area (Å²) in [5, 5.41) is 5.61. The molecule has 18 heavy (non-hydrogen) atoms. The van der Waals surface area contributed by atoms with Crippen LogP contribution < -0.4 is 0 Å². The smallest absolute Gasteiger partial charge is 0.0539 e. The lowest BCUT2D eigenvalue weighted by Gasteiger charge is -2.04. The third kappa shape index (κ3) is 1.92. The van der Waals surface area contributed by atoms with Gasteiger partial charge in [0.2, 0.25) is 0 Å². The molecule has 0 aliphatic rings. The molecule has 0 aliphatic carbocycles. The zero-order chi connectivity index (χ0) is 12.5. The highest BCUT2D eigenvalue weighted by Gasteiger charge is 2.03. The molecular weight excluding hydrogens is 222 g/mol. The summed E-state index contributed by atoms with van der Waals surface area (Å²) in [6.07, 6.45) is 6.21. The van der Waals surface area contributed by atoms with E-state index in [1.54, 1.807) is 0 Å². The van der Waals surface area contributed by atoms with Gasteiger partial charge in [0.25, 0.3) is 0 Å². The van der Waals surface area contributed by atoms with Crippen LogP contribution in [-0.2, 0) is 13.1 Å². The Hall–Kier alpha value is -2.03. The van der Waals surface area contributed by atoms with Crippen molar-refractivity contribution >= 4 is 10.9 Å². The quantitative estimate of drug-likeness (QED) is 0.688. The molecule has 3 heteroatoms. The lowest BCUT2D eigenvalue weighted by molar-refractivity contribution is 0.658. The number of aromatic nitrogens is 3. The summed E-state index contributed by atoms with van der Waals surface area (Å²) in [4.78, 5) is 0. The predicted molar refractivity (Wildman–Crippen MR) is 73.7 cm³/mol. The van der Waals surface area contributed by atoms with E-state index < -0.39 is 0 Å². The average Bonchev–Trinajstić information content (AvgIpc) is 2.97. The molecule has 0 N–H and O–H groups in total. The van der Waals surface area contributed by atoms with Crippen LogP contribution in [0, 0.1) is 6.92 Å². The van der Waals surface area contributed by atoms with E-state index in [4.69, 9.17) is 0 Å². The highest BCUT2D eigenvalue weighted by Crippen LogP contribution is 2.18. The fraction of sp³-hybridized carbons (Fsp3) is 0.267. The molecule has 0 atom stereocenters. The van der Waals surface area contributed by atoms with E-state index in [0.29, 0.717) is 0 Å². The Balaban J connectivity index is 1.96. The zero-order valence-electron chi connectivity index (χ0n) is 10.8. The van der Waals surface area contributed by atoms with Gasteiger partial charge < -0.3 is 4.57 Å². The fourth-order valence-electron chi connectivity index (χ4n) is 2.29. The van der Waals surface area contributed by atoms with Crippen molar-refractivity contribution < 1.29 is 0 Å². The summed E-state index contributed by atoms with van der Waals surface area (Å²) in [5.74, 6) is 0. The van der Waals surface area contributed by atoms with Crippen LogP contribution in [0.2, 0.25) is 0 Å². The Morgan fingerprint density at radius 1 is 1.22 bits per heavy atom. The lowest BCUT2D eigenvalue weighted by atomic mass is 10.2. The second-order valence-electron chi connectivity index (χ2n) is 4.71. The summed E-state index contributed by atoms with van der Waals surface area (Å²) in [5.41, 5.74) is 3.84. The molecule has 0 saturated carbocycles. The number of rotatable bonds is 3. The van der Waals surface area contributed by atoms with Crippen LogP contribution in [0.1, 0.15) is 18.1 Å². The topological polar surface area (TPSA) is 22.8 Å². The van der Waals surface area contributed by atoms with Gasteiger partial charge in [0.15, 0.2) is 0 Å². The van der Waals surface area contributed by atoms with Gasteiger partial charge in [-0.05, 0) is 36.9 Å². The molecule has 0 aliphatic heterocycles. The van der Waals surface area contributed by atoms with E-state index in [9.17, 15) is 0 Å². The molecule has 0 amide bonds. The molecule has 0 saturated heterocycles. The minimum atomic E-state index is 0.882. The molecule has 0 radical (unpaired) electrons. The van der Waals surface area contributed by atoms with Crippen molar-refractivity contribution in [3.63, 3.8) is 0 Å². The third-order valence-electron chi connectivity index (χ3n) is 3.29. The maximum absolute atomic E-state index is 4.32. The molecular formula is C15H17N3. The maximum Gasteiger partial charge on any atom is 0.0539 e. The highest BCUT2D eigenvalue weighted by atomic mass is 15.3. The summed E-state index contributed by atoms with van der Waals surface area (Å²) < 4.78 is 4.24. The lowest BCUT2D eigenvalue weighted by Crippen LogP contribution is -1.97. The van der Waals surface area contributed by atoms with Crippen molar-refractivity contribution in [1.82, 2.24) is 14.3 Å². The molecule has 1 aromatic carbocycles. The summed E-state index contributed by atoms with van der Waals surface area (Å²) in [6, 6.07) is 8.73. The van der Waals surface area contributed by atoms with Crippen LogP contribution in [0.25, 0.3) is 10.9 Å². The maximum atomic E-state index is 4.32. The minimum Gasteiger partial charge on any atom is -0.343 e. The van der Waals surface area contributed by atoms with Gasteiger partial charge in [-0.15, -0.1) is 0 Å². The van der Waals surface area contributed by atoms with Crippen molar-refractivity contribution in [2.45, 2.75) is 26.9 Å². The van der Waals surface area contributed by atoms with Gasteiger partial charge in [-0.2, -0.15) is 5.10 Å². The Labute approximate surface area is 107 Å². The Bertz CT molecular complexity index is 676. The van der Waals surface area contributed by atoms with E-state index in [1.165, 1.54) is 22.0 Å². The van der Waals surface area contributed by atoms with Gasteiger partial charge in [0.05, 0.1) is 12.7 Å². The minimum absolute atomic E-state index is 0.882. The van der Waals surface area contributed by atoms with Crippen LogP contribution in [-0.4, -0.2) is 14.3 Å². The second-order valence-corrected chi connectivity index (χ2v) is 4.71. The Kier molecular flexibility index (Phi) is 2.67. The second kappa shape index (κ2) is 4.33. The third-order valence-corrected chi connectivity index (χ3v) is 3.29. The number of nitrogens with zero attached hydrogens (tertiary/aromatic N) is 3. The summed E-state index contributed by atoms with van der Waals surface area (Å²) in [7, 11) is 0. The van der Waals surface area contributed by atoms with Crippen LogP contribution in [0.4, 0.5) is 0 Å². The van der Waals surface area contributed by atoms with Gasteiger partial charge in [0, 0.05) is 30.0 Å². The highest BCUT2D eigenvalue weighted by molar-refractivity contribution is 5.80. The average molecular weight is 239 g/mol. The van der Waals surface area contributed by atoms with E-state index in [1.807, 2.05) is 10.9 Å². The molecule has 2 heterocycles. The standard InChI is InChI=1S/C15H17N3/c1-3-18-11-13(9-16-18)10-17-7-6-14-5-4-12(2)8-15(14)17/h4-9,11H,3,10H2,1-2H3. The largest absolute Gasteiger partial charge is 0.343 e. The van der Waals surface area contributed by atoms with Crippen molar-refractivity contribution in [1.29, 1.82) is 0 Å². The van der Waals surface area contributed by atoms with Gasteiger partial charge in [-0.3, -0.25) is 4.68 Å². The van der Waals surface area contributed by atoms with E-state index in [0.717, 1.165) is 13.1 Å².